The molecule has 2 saturated heterocycles. The molecule has 17 unspecified atom stereocenters. The first-order valence-electron chi connectivity index (χ1n) is 31.7. The lowest BCUT2D eigenvalue weighted by Gasteiger charge is -2.49. The van der Waals surface area contributed by atoms with E-state index in [1.54, 1.807) is 0 Å². The molecule has 7 aliphatic rings. The van der Waals surface area contributed by atoms with E-state index in [9.17, 15) is 75.3 Å². The zero-order valence-corrected chi connectivity index (χ0v) is 56.2. The highest BCUT2D eigenvalue weighted by molar-refractivity contribution is 6.32. The number of rotatable bonds is 13. The molecule has 17 atom stereocenters. The minimum atomic E-state index is -2.75. The summed E-state index contributed by atoms with van der Waals surface area (Å²) in [6.07, 6.45) is -18.8. The average molecular weight is 1470 g/mol. The number of fused-ring (bicyclic) bond motifs is 15. The van der Waals surface area contributed by atoms with Crippen molar-refractivity contribution in [3.05, 3.63) is 117 Å². The van der Waals surface area contributed by atoms with Gasteiger partial charge in [-0.25, -0.2) is 4.79 Å². The number of nitrogens with one attached hydrogen (secondary N) is 7. The van der Waals surface area contributed by atoms with Crippen LogP contribution in [0.3, 0.4) is 0 Å². The number of carboxylic acids is 1. The molecule has 0 aliphatic carbocycles. The van der Waals surface area contributed by atoms with Gasteiger partial charge in [-0.05, 0) is 110 Å². The van der Waals surface area contributed by atoms with E-state index in [0.29, 0.717) is 0 Å². The van der Waals surface area contributed by atoms with Crippen LogP contribution in [-0.2, 0) is 52.6 Å². The van der Waals surface area contributed by atoms with Gasteiger partial charge < -0.3 is 133 Å². The van der Waals surface area contributed by atoms with Crippen LogP contribution in [0.4, 0.5) is 0 Å². The Balaban J connectivity index is 1.26. The molecule has 11 bridgehead atoms. The Labute approximate surface area is 589 Å². The standard InChI is InChI=1S/C66H75Cl2N9O25/c1-23(2)12-34(71-5)57(87)76-49-51(83)26-7-10-38(32(67)14-26)98-40-16-28-17-41(56(40)102-64-54(86)53(85)52(84)42(22-78)100-64)99-39-11-8-27(15-33(39)68)55(101-44-21-65(4,70)66(95,96)24(3)97-44)50-62(92)75-48(63(93)94)31-18-29(79)19-37(81)45(31)30-13-25(6-9-36(30)80)46(59(89)77-50)74-60(90)47(28)73-58(88)35(20-43(69)82)72-61(49)91/h6-11,13-19,23-24,34-35,42,44,46-55,64,71,78-81,83-86,95-96H,12,20-22,70H2,1-5H3,(H2,69,82)(H,72,91)(H,73,88)(H,74,90)(H,75,92)(H,76,87)(H,77,89)(H,93,94). The van der Waals surface area contributed by atoms with Crippen LogP contribution in [0.5, 0.6) is 46.0 Å². The fraction of sp³-hybridized carbons (Fsp3) is 0.424. The van der Waals surface area contributed by atoms with Gasteiger partial charge in [0.1, 0.15) is 102 Å². The summed E-state index contributed by atoms with van der Waals surface area (Å²) in [4.78, 5) is 118. The first-order valence-corrected chi connectivity index (χ1v) is 32.5. The van der Waals surface area contributed by atoms with Gasteiger partial charge in [0.2, 0.25) is 59.2 Å². The van der Waals surface area contributed by atoms with Crippen molar-refractivity contribution in [2.45, 2.75) is 156 Å². The predicted molar refractivity (Wildman–Crippen MR) is 350 cm³/mol. The monoisotopic (exact) mass is 1460 g/mol. The highest BCUT2D eigenvalue weighted by atomic mass is 35.5. The molecule has 548 valence electrons. The van der Waals surface area contributed by atoms with Crippen molar-refractivity contribution >= 4 is 70.5 Å². The minimum absolute atomic E-state index is 0.103. The molecule has 0 aromatic heterocycles. The van der Waals surface area contributed by atoms with Crippen LogP contribution in [-0.4, -0.2) is 196 Å². The number of aliphatic carboxylic acids is 1. The van der Waals surface area contributed by atoms with E-state index in [2.05, 4.69) is 37.2 Å². The Hall–Kier alpha value is -9.24. The molecule has 5 aromatic carbocycles. The summed E-state index contributed by atoms with van der Waals surface area (Å²) in [6, 6.07) is -0.903. The third-order valence-electron chi connectivity index (χ3n) is 18.0. The Kier molecular flexibility index (Phi) is 22.2. The van der Waals surface area contributed by atoms with Gasteiger partial charge in [0, 0.05) is 29.2 Å². The molecular weight excluding hydrogens is 1390 g/mol. The fourth-order valence-electron chi connectivity index (χ4n) is 12.4. The largest absolute Gasteiger partial charge is 0.508 e. The summed E-state index contributed by atoms with van der Waals surface area (Å²) >= 11 is 14.2. The summed E-state index contributed by atoms with van der Waals surface area (Å²) in [7, 11) is 1.47. The molecule has 36 heteroatoms. The number of primary amides is 1. The van der Waals surface area contributed by atoms with Crippen LogP contribution < -0.4 is 62.9 Å². The number of carboxylic acid groups (broad SMARTS) is 1. The molecule has 0 spiro atoms. The quantitative estimate of drug-likeness (QED) is 0.0656. The van der Waals surface area contributed by atoms with Gasteiger partial charge in [-0.15, -0.1) is 0 Å². The molecule has 34 nitrogen and oxygen atoms in total. The number of benzene rings is 5. The van der Waals surface area contributed by atoms with Crippen LogP contribution in [0.1, 0.15) is 105 Å². The van der Waals surface area contributed by atoms with Crippen molar-refractivity contribution in [3.8, 4) is 57.1 Å². The Morgan fingerprint density at radius 1 is 0.716 bits per heavy atom. The van der Waals surface area contributed by atoms with Crippen LogP contribution in [0, 0.1) is 5.92 Å². The predicted octanol–water partition coefficient (Wildman–Crippen LogP) is -0.574. The van der Waals surface area contributed by atoms with Crippen molar-refractivity contribution in [3.63, 3.8) is 0 Å². The molecule has 22 N–H and O–H groups in total. The number of nitrogens with two attached hydrogens (primary N) is 2. The second kappa shape index (κ2) is 30.0. The maximum atomic E-state index is 16.1. The summed E-state index contributed by atoms with van der Waals surface area (Å²) in [6.45, 7) is 5.10. The molecule has 7 amide bonds. The van der Waals surface area contributed by atoms with Crippen molar-refractivity contribution < 1.29 is 123 Å². The Morgan fingerprint density at radius 2 is 1.32 bits per heavy atom. The zero-order valence-electron chi connectivity index (χ0n) is 54.7. The van der Waals surface area contributed by atoms with Crippen molar-refractivity contribution in [1.82, 2.24) is 37.2 Å². The van der Waals surface area contributed by atoms with E-state index in [-0.39, 0.29) is 39.8 Å². The number of aliphatic hydroxyl groups excluding tert-OH is 5. The number of halogens is 2. The van der Waals surface area contributed by atoms with E-state index in [4.69, 9.17) is 63.1 Å². The minimum Gasteiger partial charge on any atom is -0.508 e. The van der Waals surface area contributed by atoms with E-state index in [0.717, 1.165) is 60.7 Å². The summed E-state index contributed by atoms with van der Waals surface area (Å²) in [5, 5.41) is 140. The highest BCUT2D eigenvalue weighted by Gasteiger charge is 2.55. The van der Waals surface area contributed by atoms with Crippen molar-refractivity contribution in [2.75, 3.05) is 13.7 Å². The zero-order chi connectivity index (χ0) is 74.5. The average Bonchev–Trinajstić information content (AvgIpc) is 0.745. The summed E-state index contributed by atoms with van der Waals surface area (Å²) < 4.78 is 37.7. The van der Waals surface area contributed by atoms with E-state index in [1.807, 2.05) is 13.8 Å². The van der Waals surface area contributed by atoms with Crippen LogP contribution in [0.25, 0.3) is 11.1 Å². The highest BCUT2D eigenvalue weighted by Crippen LogP contribution is 2.50. The topological polar surface area (TPSA) is 551 Å². The van der Waals surface area contributed by atoms with Gasteiger partial charge in [0.05, 0.1) is 34.7 Å². The van der Waals surface area contributed by atoms with Crippen molar-refractivity contribution in [1.29, 1.82) is 0 Å². The Morgan fingerprint density at radius 3 is 1.92 bits per heavy atom. The number of hydrogen-bond acceptors (Lipinski definition) is 26. The lowest BCUT2D eigenvalue weighted by Crippen LogP contribution is -2.69. The second-order valence-corrected chi connectivity index (χ2v) is 26.7. The number of aromatic hydroxyl groups is 3. The SMILES string of the molecule is CNC(CC(C)C)C(=O)NC1C(=O)NC(CC(N)=O)C(=O)NC2C(=O)NC3C(=O)NC(C(=O)NC(C(=O)O)c4cc(O)cc(O)c4-c4cc3ccc4O)C(OC3CC(C)(N)C(O)(O)C(C)O3)c3ccc(c(Cl)c3)Oc3cc2cc(c3OC2OC(CO)C(O)C(O)C2O)Oc2ccc(cc2Cl)C1O. The summed E-state index contributed by atoms with van der Waals surface area (Å²) in [5.41, 5.74) is 7.32. The molecule has 0 radical (unpaired) electrons. The number of phenolic OH excluding ortho intramolecular Hbond substituents is 3. The maximum absolute atomic E-state index is 16.1. The third kappa shape index (κ3) is 15.4. The van der Waals surface area contributed by atoms with E-state index >= 15 is 19.2 Å². The van der Waals surface area contributed by atoms with Crippen LogP contribution in [0.2, 0.25) is 10.0 Å². The molecule has 2 fully saturated rings. The van der Waals surface area contributed by atoms with Gasteiger partial charge in [-0.1, -0.05) is 55.2 Å². The first kappa shape index (κ1) is 75.4. The number of aliphatic hydroxyl groups is 7. The number of likely N-dealkylation sites (N-methyl/N-ethyl adjacent to an activating group) is 1. The molecule has 7 heterocycles. The maximum Gasteiger partial charge on any atom is 0.330 e. The number of amides is 7. The molecule has 0 saturated carbocycles. The van der Waals surface area contributed by atoms with Gasteiger partial charge in [0.15, 0.2) is 23.8 Å². The molecule has 7 aliphatic heterocycles. The smallest absolute Gasteiger partial charge is 0.330 e. The lowest BCUT2D eigenvalue weighted by atomic mass is 9.82. The fourth-order valence-corrected chi connectivity index (χ4v) is 12.9. The molecule has 102 heavy (non-hydrogen) atoms. The van der Waals surface area contributed by atoms with Gasteiger partial charge in [-0.3, -0.25) is 33.6 Å². The number of carbonyl (C=O) groups excluding carboxylic acids is 7. The Bertz CT molecular complexity index is 4130. The molecular formula is C66H75Cl2N9O25. The van der Waals surface area contributed by atoms with Crippen LogP contribution in [0.15, 0.2) is 78.9 Å². The molecule has 12 rings (SSSR count). The number of hydrogen-bond donors (Lipinski definition) is 20. The third-order valence-corrected chi connectivity index (χ3v) is 18.6. The van der Waals surface area contributed by atoms with Gasteiger partial charge in [-0.2, -0.15) is 0 Å². The van der Waals surface area contributed by atoms with Gasteiger partial charge in [0.25, 0.3) is 0 Å². The van der Waals surface area contributed by atoms with E-state index in [1.165, 1.54) is 39.1 Å². The summed E-state index contributed by atoms with van der Waals surface area (Å²) in [5.74, 6) is -19.1. The normalized spacial score (nSPS) is 29.1. The van der Waals surface area contributed by atoms with Gasteiger partial charge >= 0.3 is 5.97 Å². The lowest BCUT2D eigenvalue weighted by molar-refractivity contribution is -0.347. The number of ether oxygens (including phenoxy) is 6. The number of phenols is 3. The number of carbonyl (C=O) groups is 8. The van der Waals surface area contributed by atoms with E-state index < -0.39 is 243 Å². The molecule has 5 aromatic rings. The van der Waals surface area contributed by atoms with Crippen LogP contribution >= 0.6 is 23.2 Å². The second-order valence-electron chi connectivity index (χ2n) is 25.8. The first-order chi connectivity index (χ1) is 48.0. The van der Waals surface area contributed by atoms with Crippen molar-refractivity contribution in [2.24, 2.45) is 17.4 Å².